The highest BCUT2D eigenvalue weighted by molar-refractivity contribution is 7.80. The third-order valence-electron chi connectivity index (χ3n) is 4.99. The maximum atomic E-state index is 6.01. The van der Waals surface area contributed by atoms with E-state index in [0.29, 0.717) is 11.0 Å². The molecular formula is C22H23N3OS. The lowest BCUT2D eigenvalue weighted by Crippen LogP contribution is -2.29. The second kappa shape index (κ2) is 7.16. The predicted octanol–water partition coefficient (Wildman–Crippen LogP) is 5.28. The van der Waals surface area contributed by atoms with Gasteiger partial charge in [0.15, 0.2) is 5.11 Å². The minimum Gasteiger partial charge on any atom is -0.464 e. The van der Waals surface area contributed by atoms with Crippen LogP contribution in [0, 0.1) is 6.92 Å². The molecule has 0 aliphatic carbocycles. The lowest BCUT2D eigenvalue weighted by atomic mass is 10.0. The quantitative estimate of drug-likeness (QED) is 0.626. The summed E-state index contributed by atoms with van der Waals surface area (Å²) in [6, 6.07) is 18.4. The molecule has 3 aromatic rings. The van der Waals surface area contributed by atoms with Gasteiger partial charge in [-0.15, -0.1) is 0 Å². The summed E-state index contributed by atoms with van der Waals surface area (Å²) in [5, 5.41) is 4.13. The highest BCUT2D eigenvalue weighted by Crippen LogP contribution is 2.42. The molecule has 1 saturated heterocycles. The number of aryl methyl sites for hydroxylation is 1. The van der Waals surface area contributed by atoms with Crippen molar-refractivity contribution in [2.45, 2.75) is 38.8 Å². The molecule has 0 saturated carbocycles. The molecule has 0 unspecified atom stereocenters. The normalized spacial score (nSPS) is 19.6. The molecule has 5 heteroatoms. The van der Waals surface area contributed by atoms with E-state index in [2.05, 4.69) is 53.3 Å². The second-order valence-corrected chi connectivity index (χ2v) is 7.58. The van der Waals surface area contributed by atoms with Gasteiger partial charge < -0.3 is 14.6 Å². The van der Waals surface area contributed by atoms with Crippen molar-refractivity contribution >= 4 is 23.0 Å². The zero-order valence-corrected chi connectivity index (χ0v) is 16.5. The third kappa shape index (κ3) is 3.35. The zero-order valence-electron chi connectivity index (χ0n) is 15.7. The fourth-order valence-electron chi connectivity index (χ4n) is 3.55. The van der Waals surface area contributed by atoms with Crippen molar-refractivity contribution in [2.75, 3.05) is 4.90 Å². The van der Waals surface area contributed by atoms with Gasteiger partial charge in [0.25, 0.3) is 0 Å². The zero-order chi connectivity index (χ0) is 19.0. The summed E-state index contributed by atoms with van der Waals surface area (Å²) in [5.41, 5.74) is 3.30. The second-order valence-electron chi connectivity index (χ2n) is 7.19. The van der Waals surface area contributed by atoms with Crippen molar-refractivity contribution in [3.63, 3.8) is 0 Å². The monoisotopic (exact) mass is 377 g/mol. The molecule has 1 aromatic carbocycles. The van der Waals surface area contributed by atoms with Crippen molar-refractivity contribution in [2.24, 2.45) is 0 Å². The van der Waals surface area contributed by atoms with E-state index in [1.54, 1.807) is 0 Å². The fraction of sp³-hybridized carbons (Fsp3) is 0.273. The van der Waals surface area contributed by atoms with Crippen LogP contribution in [0.4, 0.5) is 5.69 Å². The lowest BCUT2D eigenvalue weighted by Gasteiger charge is -2.26. The average molecular weight is 378 g/mol. The van der Waals surface area contributed by atoms with Gasteiger partial charge in [0.2, 0.25) is 0 Å². The van der Waals surface area contributed by atoms with E-state index in [-0.39, 0.29) is 12.1 Å². The number of aromatic nitrogens is 1. The molecule has 3 heterocycles. The van der Waals surface area contributed by atoms with Crippen LogP contribution in [0.2, 0.25) is 0 Å². The first-order valence-corrected chi connectivity index (χ1v) is 9.62. The first kappa shape index (κ1) is 17.7. The molecule has 1 aliphatic rings. The number of nitrogens with zero attached hydrogens (tertiary/aromatic N) is 2. The van der Waals surface area contributed by atoms with Gasteiger partial charge in [0.05, 0.1) is 11.7 Å². The standard InChI is InChI=1S/C22H23N3OS/c1-14(2)16-8-10-17(11-9-16)25-21(19-12-7-15(3)26-19)20(24-22(25)27)18-6-4-5-13-23-18/h4-14,20-21H,1-3H3,(H,24,27)/t20-,21-/m1/s1. The fourth-order valence-corrected chi connectivity index (χ4v) is 3.90. The van der Waals surface area contributed by atoms with Gasteiger partial charge in [0.1, 0.15) is 17.6 Å². The number of thiocarbonyl (C=S) groups is 1. The number of pyridine rings is 1. The maximum absolute atomic E-state index is 6.01. The molecule has 2 atom stereocenters. The molecule has 138 valence electrons. The molecule has 27 heavy (non-hydrogen) atoms. The molecule has 0 bridgehead atoms. The van der Waals surface area contributed by atoms with Gasteiger partial charge in [-0.2, -0.15) is 0 Å². The number of hydrogen-bond acceptors (Lipinski definition) is 3. The van der Waals surface area contributed by atoms with Crippen molar-refractivity contribution in [3.8, 4) is 0 Å². The molecule has 4 nitrogen and oxygen atoms in total. The molecule has 0 radical (unpaired) electrons. The highest BCUT2D eigenvalue weighted by atomic mass is 32.1. The van der Waals surface area contributed by atoms with E-state index >= 15 is 0 Å². The van der Waals surface area contributed by atoms with Crippen LogP contribution in [-0.4, -0.2) is 10.1 Å². The van der Waals surface area contributed by atoms with E-state index in [9.17, 15) is 0 Å². The summed E-state index contributed by atoms with van der Waals surface area (Å²) in [6.07, 6.45) is 1.81. The summed E-state index contributed by atoms with van der Waals surface area (Å²) in [7, 11) is 0. The predicted molar refractivity (Wildman–Crippen MR) is 112 cm³/mol. The van der Waals surface area contributed by atoms with Crippen molar-refractivity contribution in [1.82, 2.24) is 10.3 Å². The van der Waals surface area contributed by atoms with Crippen LogP contribution in [-0.2, 0) is 0 Å². The first-order valence-electron chi connectivity index (χ1n) is 9.21. The third-order valence-corrected chi connectivity index (χ3v) is 5.30. The minimum atomic E-state index is -0.0917. The van der Waals surface area contributed by atoms with Gasteiger partial charge >= 0.3 is 0 Å². The van der Waals surface area contributed by atoms with Crippen molar-refractivity contribution in [3.05, 3.63) is 83.6 Å². The topological polar surface area (TPSA) is 41.3 Å². The molecule has 2 aromatic heterocycles. The van der Waals surface area contributed by atoms with Gasteiger partial charge in [-0.25, -0.2) is 0 Å². The minimum absolute atomic E-state index is 0.0750. The molecule has 0 spiro atoms. The number of anilines is 1. The SMILES string of the molecule is Cc1ccc([C@@H]2[C@@H](c3ccccn3)NC(=S)N2c2ccc(C(C)C)cc2)o1. The number of nitrogens with one attached hydrogen (secondary N) is 1. The number of benzene rings is 1. The molecule has 1 fully saturated rings. The Balaban J connectivity index is 1.78. The van der Waals surface area contributed by atoms with E-state index < -0.39 is 0 Å². The van der Waals surface area contributed by atoms with Crippen LogP contribution < -0.4 is 10.2 Å². The van der Waals surface area contributed by atoms with Crippen molar-refractivity contribution in [1.29, 1.82) is 0 Å². The maximum Gasteiger partial charge on any atom is 0.174 e. The van der Waals surface area contributed by atoms with Crippen LogP contribution in [0.3, 0.4) is 0 Å². The Morgan fingerprint density at radius 3 is 2.44 bits per heavy atom. The van der Waals surface area contributed by atoms with Crippen LogP contribution in [0.15, 0.2) is 65.2 Å². The number of hydrogen-bond donors (Lipinski definition) is 1. The smallest absolute Gasteiger partial charge is 0.174 e. The Labute approximate surface area is 165 Å². The number of furan rings is 1. The molecule has 4 rings (SSSR count). The average Bonchev–Trinajstić information content (AvgIpc) is 3.25. The van der Waals surface area contributed by atoms with E-state index in [0.717, 1.165) is 22.9 Å². The lowest BCUT2D eigenvalue weighted by molar-refractivity contribution is 0.418. The van der Waals surface area contributed by atoms with Gasteiger partial charge in [-0.1, -0.05) is 32.0 Å². The van der Waals surface area contributed by atoms with E-state index in [1.807, 2.05) is 43.5 Å². The van der Waals surface area contributed by atoms with Crippen molar-refractivity contribution < 1.29 is 4.42 Å². The number of rotatable bonds is 4. The van der Waals surface area contributed by atoms with Gasteiger partial charge in [-0.3, -0.25) is 4.98 Å². The summed E-state index contributed by atoms with van der Waals surface area (Å²) in [4.78, 5) is 6.69. The van der Waals surface area contributed by atoms with Crippen LogP contribution in [0.1, 0.15) is 54.6 Å². The van der Waals surface area contributed by atoms with E-state index in [1.165, 1.54) is 5.56 Å². The van der Waals surface area contributed by atoms with Crippen LogP contribution >= 0.6 is 12.2 Å². The largest absolute Gasteiger partial charge is 0.464 e. The van der Waals surface area contributed by atoms with Crippen LogP contribution in [0.5, 0.6) is 0 Å². The summed E-state index contributed by atoms with van der Waals surface area (Å²) < 4.78 is 6.01. The van der Waals surface area contributed by atoms with Gasteiger partial charge in [-0.05, 0) is 67.0 Å². The van der Waals surface area contributed by atoms with Gasteiger partial charge in [0, 0.05) is 11.9 Å². The summed E-state index contributed by atoms with van der Waals surface area (Å²) in [5.74, 6) is 2.26. The molecule has 1 aliphatic heterocycles. The summed E-state index contributed by atoms with van der Waals surface area (Å²) >= 11 is 5.71. The Morgan fingerprint density at radius 2 is 1.85 bits per heavy atom. The first-order chi connectivity index (χ1) is 13.0. The molecule has 1 N–H and O–H groups in total. The Hall–Kier alpha value is -2.66. The van der Waals surface area contributed by atoms with Crippen LogP contribution in [0.25, 0.3) is 0 Å². The van der Waals surface area contributed by atoms with E-state index in [4.69, 9.17) is 16.6 Å². The molecule has 0 amide bonds. The Kier molecular flexibility index (Phi) is 4.70. The highest BCUT2D eigenvalue weighted by Gasteiger charge is 2.42. The molecular weight excluding hydrogens is 354 g/mol. The Bertz CT molecular complexity index is 934. The Morgan fingerprint density at radius 1 is 1.07 bits per heavy atom. The summed E-state index contributed by atoms with van der Waals surface area (Å²) in [6.45, 7) is 6.35.